The van der Waals surface area contributed by atoms with Crippen LogP contribution in [-0.4, -0.2) is 30.5 Å². The quantitative estimate of drug-likeness (QED) is 0.752. The number of benzene rings is 1. The second-order valence-corrected chi connectivity index (χ2v) is 8.03. The number of carbonyl (C=O) groups excluding carboxylic acids is 1. The molecule has 1 aliphatic rings. The van der Waals surface area contributed by atoms with Crippen molar-refractivity contribution in [1.29, 1.82) is 0 Å². The minimum absolute atomic E-state index is 0.0541. The van der Waals surface area contributed by atoms with Crippen LogP contribution in [0.1, 0.15) is 28.2 Å². The van der Waals surface area contributed by atoms with Crippen LogP contribution >= 0.6 is 11.3 Å². The maximum absolute atomic E-state index is 12.5. The van der Waals surface area contributed by atoms with Crippen LogP contribution in [0, 0.1) is 12.8 Å². The molecule has 0 spiro atoms. The van der Waals surface area contributed by atoms with Crippen LogP contribution in [0.15, 0.2) is 48.7 Å². The molecule has 1 aliphatic heterocycles. The molecule has 134 valence electrons. The fraction of sp³-hybridized carbons (Fsp3) is 0.333. The summed E-state index contributed by atoms with van der Waals surface area (Å²) >= 11 is 1.56. The molecule has 1 saturated heterocycles. The maximum Gasteiger partial charge on any atom is 0.261 e. The largest absolute Gasteiger partial charge is 0.371 e. The molecule has 3 aromatic rings. The molecule has 1 fully saturated rings. The van der Waals surface area contributed by atoms with Gasteiger partial charge in [0.25, 0.3) is 5.91 Å². The van der Waals surface area contributed by atoms with Gasteiger partial charge >= 0.3 is 0 Å². The van der Waals surface area contributed by atoms with Crippen LogP contribution in [0.5, 0.6) is 0 Å². The highest BCUT2D eigenvalue weighted by Gasteiger charge is 2.20. The van der Waals surface area contributed by atoms with E-state index in [1.165, 1.54) is 10.4 Å². The molecule has 0 unspecified atom stereocenters. The molecular formula is C21H23N3OS. The topological polar surface area (TPSA) is 45.2 Å². The molecule has 4 rings (SSSR count). The number of nitrogens with zero attached hydrogens (tertiary/aromatic N) is 2. The van der Waals surface area contributed by atoms with Crippen LogP contribution in [0.3, 0.4) is 0 Å². The van der Waals surface area contributed by atoms with Gasteiger partial charge in [-0.15, -0.1) is 11.3 Å². The van der Waals surface area contributed by atoms with Crippen molar-refractivity contribution in [2.75, 3.05) is 24.5 Å². The lowest BCUT2D eigenvalue weighted by Gasteiger charge is -2.33. The Morgan fingerprint density at radius 1 is 1.23 bits per heavy atom. The van der Waals surface area contributed by atoms with Gasteiger partial charge in [0.15, 0.2) is 0 Å². The number of pyridine rings is 1. The number of amides is 1. The van der Waals surface area contributed by atoms with Gasteiger partial charge in [0.05, 0.1) is 4.88 Å². The number of thiophene rings is 1. The first kappa shape index (κ1) is 17.0. The van der Waals surface area contributed by atoms with Crippen molar-refractivity contribution in [1.82, 2.24) is 10.3 Å². The van der Waals surface area contributed by atoms with Gasteiger partial charge in [-0.25, -0.2) is 0 Å². The van der Waals surface area contributed by atoms with Crippen LogP contribution in [-0.2, 0) is 0 Å². The lowest BCUT2D eigenvalue weighted by molar-refractivity contribution is 0.0949. The minimum atomic E-state index is 0.0541. The Balaban J connectivity index is 1.30. The van der Waals surface area contributed by atoms with Crippen LogP contribution in [0.25, 0.3) is 10.1 Å². The number of piperidine rings is 1. The standard InChI is InChI=1S/C21H23N3OS/c1-15-12-18(6-9-22-15)24-10-7-16(8-11-24)14-23-21(25)20-13-17-4-2-3-5-19(17)26-20/h2-6,9,12-13,16H,7-8,10-11,14H2,1H3,(H,23,25). The molecular weight excluding hydrogens is 342 g/mol. The SMILES string of the molecule is Cc1cc(N2CCC(CNC(=O)c3cc4ccccc4s3)CC2)ccn1. The molecule has 1 aromatic carbocycles. The zero-order chi connectivity index (χ0) is 17.9. The van der Waals surface area contributed by atoms with E-state index in [2.05, 4.69) is 39.5 Å². The smallest absolute Gasteiger partial charge is 0.261 e. The van der Waals surface area contributed by atoms with Crippen molar-refractivity contribution in [2.45, 2.75) is 19.8 Å². The average Bonchev–Trinajstić information content (AvgIpc) is 3.11. The predicted molar refractivity (Wildman–Crippen MR) is 108 cm³/mol. The van der Waals surface area contributed by atoms with E-state index in [0.717, 1.165) is 48.4 Å². The number of anilines is 1. The summed E-state index contributed by atoms with van der Waals surface area (Å²) in [5.41, 5.74) is 2.31. The zero-order valence-electron chi connectivity index (χ0n) is 14.9. The third kappa shape index (κ3) is 3.73. The lowest BCUT2D eigenvalue weighted by atomic mass is 9.96. The van der Waals surface area contributed by atoms with E-state index in [0.29, 0.717) is 5.92 Å². The molecule has 1 amide bonds. The number of hydrogen-bond donors (Lipinski definition) is 1. The Morgan fingerprint density at radius 3 is 2.81 bits per heavy atom. The number of rotatable bonds is 4. The second kappa shape index (κ2) is 7.46. The highest BCUT2D eigenvalue weighted by Crippen LogP contribution is 2.26. The molecule has 2 aromatic heterocycles. The maximum atomic E-state index is 12.5. The molecule has 0 aliphatic carbocycles. The van der Waals surface area contributed by atoms with Crippen molar-refractivity contribution >= 4 is 33.0 Å². The lowest BCUT2D eigenvalue weighted by Crippen LogP contribution is -2.38. The van der Waals surface area contributed by atoms with E-state index in [9.17, 15) is 4.79 Å². The van der Waals surface area contributed by atoms with Gasteiger partial charge in [-0.2, -0.15) is 0 Å². The van der Waals surface area contributed by atoms with E-state index in [4.69, 9.17) is 0 Å². The summed E-state index contributed by atoms with van der Waals surface area (Å²) in [6.07, 6.45) is 4.09. The summed E-state index contributed by atoms with van der Waals surface area (Å²) in [5, 5.41) is 4.28. The summed E-state index contributed by atoms with van der Waals surface area (Å²) < 4.78 is 1.17. The van der Waals surface area contributed by atoms with Gasteiger partial charge in [-0.1, -0.05) is 18.2 Å². The second-order valence-electron chi connectivity index (χ2n) is 6.94. The van der Waals surface area contributed by atoms with Gasteiger partial charge in [-0.3, -0.25) is 9.78 Å². The molecule has 5 heteroatoms. The third-order valence-electron chi connectivity index (χ3n) is 5.06. The van der Waals surface area contributed by atoms with Crippen molar-refractivity contribution in [2.24, 2.45) is 5.92 Å². The molecule has 4 nitrogen and oxygen atoms in total. The summed E-state index contributed by atoms with van der Waals surface area (Å²) in [5.74, 6) is 0.603. The number of fused-ring (bicyclic) bond motifs is 1. The van der Waals surface area contributed by atoms with Gasteiger partial charge < -0.3 is 10.2 Å². The van der Waals surface area contributed by atoms with E-state index >= 15 is 0 Å². The number of nitrogens with one attached hydrogen (secondary N) is 1. The van der Waals surface area contributed by atoms with Crippen LogP contribution in [0.4, 0.5) is 5.69 Å². The fourth-order valence-corrected chi connectivity index (χ4v) is 4.52. The Kier molecular flexibility index (Phi) is 4.89. The number of aryl methyl sites for hydroxylation is 1. The number of carbonyl (C=O) groups is 1. The summed E-state index contributed by atoms with van der Waals surface area (Å²) in [4.78, 5) is 19.9. The van der Waals surface area contributed by atoms with Gasteiger partial charge in [0, 0.05) is 41.9 Å². The van der Waals surface area contributed by atoms with Gasteiger partial charge in [0.1, 0.15) is 0 Å². The van der Waals surface area contributed by atoms with Crippen LogP contribution < -0.4 is 10.2 Å². The zero-order valence-corrected chi connectivity index (χ0v) is 15.8. The molecule has 3 heterocycles. The van der Waals surface area contributed by atoms with Crippen molar-refractivity contribution in [3.05, 3.63) is 59.2 Å². The molecule has 26 heavy (non-hydrogen) atoms. The summed E-state index contributed by atoms with van der Waals surface area (Å²) in [6.45, 7) is 4.86. The first-order valence-electron chi connectivity index (χ1n) is 9.13. The summed E-state index contributed by atoms with van der Waals surface area (Å²) in [7, 11) is 0. The number of hydrogen-bond acceptors (Lipinski definition) is 4. The fourth-order valence-electron chi connectivity index (χ4n) is 3.54. The molecule has 1 N–H and O–H groups in total. The summed E-state index contributed by atoms with van der Waals surface area (Å²) in [6, 6.07) is 14.4. The van der Waals surface area contributed by atoms with Crippen molar-refractivity contribution in [3.63, 3.8) is 0 Å². The highest BCUT2D eigenvalue weighted by atomic mass is 32.1. The molecule has 0 atom stereocenters. The Morgan fingerprint density at radius 2 is 2.04 bits per heavy atom. The predicted octanol–water partition coefficient (Wildman–Crippen LogP) is 4.25. The van der Waals surface area contributed by atoms with Crippen LogP contribution in [0.2, 0.25) is 0 Å². The van der Waals surface area contributed by atoms with Crippen molar-refractivity contribution < 1.29 is 4.79 Å². The number of aromatic nitrogens is 1. The van der Waals surface area contributed by atoms with E-state index in [1.807, 2.05) is 31.3 Å². The first-order chi connectivity index (χ1) is 12.7. The molecule has 0 radical (unpaired) electrons. The molecule has 0 saturated carbocycles. The monoisotopic (exact) mass is 365 g/mol. The Bertz CT molecular complexity index is 879. The normalized spacial score (nSPS) is 15.3. The highest BCUT2D eigenvalue weighted by molar-refractivity contribution is 7.20. The average molecular weight is 366 g/mol. The first-order valence-corrected chi connectivity index (χ1v) is 9.95. The third-order valence-corrected chi connectivity index (χ3v) is 6.18. The molecule has 0 bridgehead atoms. The van der Waals surface area contributed by atoms with E-state index in [1.54, 1.807) is 11.3 Å². The Hall–Kier alpha value is -2.40. The minimum Gasteiger partial charge on any atom is -0.371 e. The Labute approximate surface area is 157 Å². The van der Waals surface area contributed by atoms with E-state index in [-0.39, 0.29) is 5.91 Å². The van der Waals surface area contributed by atoms with E-state index < -0.39 is 0 Å². The van der Waals surface area contributed by atoms with Gasteiger partial charge in [-0.05, 0) is 55.3 Å². The van der Waals surface area contributed by atoms with Crippen molar-refractivity contribution in [3.8, 4) is 0 Å². The van der Waals surface area contributed by atoms with Gasteiger partial charge in [0.2, 0.25) is 0 Å².